The lowest BCUT2D eigenvalue weighted by Gasteiger charge is -2.06. The Bertz CT molecular complexity index is 1300. The van der Waals surface area contributed by atoms with Gasteiger partial charge in [0.15, 0.2) is 0 Å². The van der Waals surface area contributed by atoms with Gasteiger partial charge in [0.1, 0.15) is 11.6 Å². The van der Waals surface area contributed by atoms with Crippen molar-refractivity contribution in [2.45, 2.75) is 39.5 Å². The predicted octanol–water partition coefficient (Wildman–Crippen LogP) is 9.35. The third-order valence-electron chi connectivity index (χ3n) is 5.74. The molecule has 0 radical (unpaired) electrons. The topological polar surface area (TPSA) is 37.3 Å². The van der Waals surface area contributed by atoms with Crippen LogP contribution in [0.3, 0.4) is 0 Å². The van der Waals surface area contributed by atoms with Gasteiger partial charge in [0.25, 0.3) is 0 Å². The molecule has 4 aromatic rings. The number of hydrogen-bond acceptors (Lipinski definition) is 1. The van der Waals surface area contributed by atoms with Gasteiger partial charge in [-0.25, -0.2) is 13.6 Å². The van der Waals surface area contributed by atoms with E-state index in [0.717, 1.165) is 46.8 Å². The standard InChI is InChI=1S/C16H15FO2.C15H14BrF/c1-2-3-11-4-9-14(15(17)10-11)12-5-7-13(8-6-12)16(18)19;1-2-3-11-4-9-14(15(17)10-11)12-5-7-13(16)8-6-12/h4-10H,2-3H2,1H3,(H,18,19);4-10H,2-3H2,1H3. The second-order valence-electron chi connectivity index (χ2n) is 8.52. The smallest absolute Gasteiger partial charge is 0.335 e. The zero-order chi connectivity index (χ0) is 26.1. The van der Waals surface area contributed by atoms with E-state index >= 15 is 0 Å². The van der Waals surface area contributed by atoms with Crippen molar-refractivity contribution in [3.63, 3.8) is 0 Å². The summed E-state index contributed by atoms with van der Waals surface area (Å²) in [5.41, 5.74) is 5.00. The van der Waals surface area contributed by atoms with Gasteiger partial charge in [-0.3, -0.25) is 0 Å². The highest BCUT2D eigenvalue weighted by Gasteiger charge is 2.08. The number of carbonyl (C=O) groups is 1. The van der Waals surface area contributed by atoms with E-state index in [9.17, 15) is 13.6 Å². The van der Waals surface area contributed by atoms with Crippen molar-refractivity contribution in [2.75, 3.05) is 0 Å². The molecule has 4 rings (SSSR count). The molecule has 0 unspecified atom stereocenters. The number of halogens is 3. The van der Waals surface area contributed by atoms with Crippen molar-refractivity contribution < 1.29 is 18.7 Å². The summed E-state index contributed by atoms with van der Waals surface area (Å²) < 4.78 is 29.0. The van der Waals surface area contributed by atoms with Crippen LogP contribution in [0.5, 0.6) is 0 Å². The van der Waals surface area contributed by atoms with E-state index in [1.54, 1.807) is 30.3 Å². The number of carboxylic acid groups (broad SMARTS) is 1. The van der Waals surface area contributed by atoms with E-state index in [0.29, 0.717) is 16.7 Å². The van der Waals surface area contributed by atoms with Crippen molar-refractivity contribution in [1.82, 2.24) is 0 Å². The van der Waals surface area contributed by atoms with Gasteiger partial charge in [0, 0.05) is 15.6 Å². The summed E-state index contributed by atoms with van der Waals surface area (Å²) in [5.74, 6) is -1.39. The maximum Gasteiger partial charge on any atom is 0.335 e. The zero-order valence-electron chi connectivity index (χ0n) is 20.4. The molecule has 0 atom stereocenters. The highest BCUT2D eigenvalue weighted by Crippen LogP contribution is 2.26. The Morgan fingerprint density at radius 3 is 1.47 bits per heavy atom. The molecule has 186 valence electrons. The lowest BCUT2D eigenvalue weighted by atomic mass is 10.0. The molecule has 0 fully saturated rings. The molecule has 0 saturated carbocycles. The first kappa shape index (κ1) is 27.3. The second kappa shape index (κ2) is 13.1. The first-order valence-corrected chi connectivity index (χ1v) is 12.8. The van der Waals surface area contributed by atoms with Crippen LogP contribution >= 0.6 is 15.9 Å². The van der Waals surface area contributed by atoms with Crippen molar-refractivity contribution in [2.24, 2.45) is 0 Å². The second-order valence-corrected chi connectivity index (χ2v) is 9.43. The van der Waals surface area contributed by atoms with Gasteiger partial charge >= 0.3 is 5.97 Å². The summed E-state index contributed by atoms with van der Waals surface area (Å²) in [6.45, 7) is 4.15. The summed E-state index contributed by atoms with van der Waals surface area (Å²) in [7, 11) is 0. The van der Waals surface area contributed by atoms with E-state index < -0.39 is 5.97 Å². The fraction of sp³-hybridized carbons (Fsp3) is 0.194. The monoisotopic (exact) mass is 550 g/mol. The molecular weight excluding hydrogens is 522 g/mol. The van der Waals surface area contributed by atoms with Gasteiger partial charge < -0.3 is 5.11 Å². The molecule has 5 heteroatoms. The Balaban J connectivity index is 0.000000202. The van der Waals surface area contributed by atoms with Crippen LogP contribution in [0.4, 0.5) is 8.78 Å². The number of carboxylic acids is 1. The molecule has 0 amide bonds. The number of rotatable bonds is 7. The summed E-state index contributed by atoms with van der Waals surface area (Å²) in [4.78, 5) is 10.8. The Kier molecular flexibility index (Phi) is 9.95. The Hall–Kier alpha value is -3.31. The molecule has 4 aromatic carbocycles. The minimum atomic E-state index is -0.981. The fourth-order valence-electron chi connectivity index (χ4n) is 3.90. The SMILES string of the molecule is CCCc1ccc(-c2ccc(Br)cc2)c(F)c1.CCCc1ccc(-c2ccc(C(=O)O)cc2)c(F)c1. The molecule has 0 aromatic heterocycles. The van der Waals surface area contributed by atoms with E-state index in [-0.39, 0.29) is 17.2 Å². The lowest BCUT2D eigenvalue weighted by Crippen LogP contribution is -1.95. The van der Waals surface area contributed by atoms with E-state index in [2.05, 4.69) is 29.8 Å². The van der Waals surface area contributed by atoms with Crippen LogP contribution in [0.2, 0.25) is 0 Å². The van der Waals surface area contributed by atoms with Gasteiger partial charge in [-0.15, -0.1) is 0 Å². The molecule has 0 aliphatic carbocycles. The summed E-state index contributed by atoms with van der Waals surface area (Å²) in [6.07, 6.45) is 3.80. The number of aromatic carboxylic acids is 1. The van der Waals surface area contributed by atoms with Gasteiger partial charge in [0.05, 0.1) is 5.56 Å². The molecule has 0 aliphatic heterocycles. The maximum absolute atomic E-state index is 14.0. The van der Waals surface area contributed by atoms with E-state index in [1.807, 2.05) is 42.5 Å². The Morgan fingerprint density at radius 2 is 1.11 bits per heavy atom. The zero-order valence-corrected chi connectivity index (χ0v) is 22.0. The number of hydrogen-bond donors (Lipinski definition) is 1. The van der Waals surface area contributed by atoms with Gasteiger partial charge in [-0.1, -0.05) is 91.1 Å². The van der Waals surface area contributed by atoms with Gasteiger partial charge in [-0.05, 0) is 71.5 Å². The molecule has 0 spiro atoms. The van der Waals surface area contributed by atoms with Gasteiger partial charge in [0.2, 0.25) is 0 Å². The molecule has 0 heterocycles. The average Bonchev–Trinajstić information content (AvgIpc) is 2.86. The summed E-state index contributed by atoms with van der Waals surface area (Å²) in [6, 6.07) is 24.6. The predicted molar refractivity (Wildman–Crippen MR) is 146 cm³/mol. The lowest BCUT2D eigenvalue weighted by molar-refractivity contribution is 0.0697. The van der Waals surface area contributed by atoms with Crippen LogP contribution in [0.25, 0.3) is 22.3 Å². The molecular formula is C31H29BrF2O2. The average molecular weight is 551 g/mol. The summed E-state index contributed by atoms with van der Waals surface area (Å²) in [5, 5.41) is 8.82. The Morgan fingerprint density at radius 1 is 0.694 bits per heavy atom. The van der Waals surface area contributed by atoms with Crippen molar-refractivity contribution in [1.29, 1.82) is 0 Å². The van der Waals surface area contributed by atoms with Crippen LogP contribution in [-0.2, 0) is 12.8 Å². The molecule has 0 bridgehead atoms. The first-order chi connectivity index (χ1) is 17.3. The molecule has 1 N–H and O–H groups in total. The molecule has 0 aliphatic rings. The highest BCUT2D eigenvalue weighted by atomic mass is 79.9. The van der Waals surface area contributed by atoms with Crippen LogP contribution in [-0.4, -0.2) is 11.1 Å². The molecule has 2 nitrogen and oxygen atoms in total. The van der Waals surface area contributed by atoms with Crippen LogP contribution in [0.1, 0.15) is 48.2 Å². The largest absolute Gasteiger partial charge is 0.478 e. The van der Waals surface area contributed by atoms with E-state index in [4.69, 9.17) is 5.11 Å². The van der Waals surface area contributed by atoms with E-state index in [1.165, 1.54) is 12.1 Å². The fourth-order valence-corrected chi connectivity index (χ4v) is 4.16. The number of aryl methyl sites for hydroxylation is 2. The van der Waals surface area contributed by atoms with Crippen molar-refractivity contribution >= 4 is 21.9 Å². The maximum atomic E-state index is 14.0. The van der Waals surface area contributed by atoms with Crippen molar-refractivity contribution in [3.8, 4) is 22.3 Å². The van der Waals surface area contributed by atoms with Gasteiger partial charge in [-0.2, -0.15) is 0 Å². The molecule has 36 heavy (non-hydrogen) atoms. The number of benzene rings is 4. The van der Waals surface area contributed by atoms with Crippen LogP contribution in [0, 0.1) is 11.6 Å². The highest BCUT2D eigenvalue weighted by molar-refractivity contribution is 9.10. The van der Waals surface area contributed by atoms with Crippen LogP contribution < -0.4 is 0 Å². The van der Waals surface area contributed by atoms with Crippen molar-refractivity contribution in [3.05, 3.63) is 118 Å². The third kappa shape index (κ3) is 7.34. The van der Waals surface area contributed by atoms with Crippen LogP contribution in [0.15, 0.2) is 89.4 Å². The first-order valence-electron chi connectivity index (χ1n) is 12.0. The summed E-state index contributed by atoms with van der Waals surface area (Å²) >= 11 is 3.37. The quantitative estimate of drug-likeness (QED) is 0.249. The Labute approximate surface area is 219 Å². The molecule has 0 saturated heterocycles. The third-order valence-corrected chi connectivity index (χ3v) is 6.27. The normalized spacial score (nSPS) is 10.5. The minimum Gasteiger partial charge on any atom is -0.478 e. The minimum absolute atomic E-state index is 0.140.